The Kier molecular flexibility index (Phi) is 10.4. The minimum atomic E-state index is -5.42. The molecule has 0 radical (unpaired) electrons. The van der Waals surface area contributed by atoms with Crippen molar-refractivity contribution in [2.75, 3.05) is 5.73 Å². The van der Waals surface area contributed by atoms with Crippen LogP contribution in [0.1, 0.15) is 51.7 Å². The molecule has 8 N–H and O–H groups in total. The van der Waals surface area contributed by atoms with Gasteiger partial charge in [-0.2, -0.15) is 9.29 Å². The van der Waals surface area contributed by atoms with E-state index in [9.17, 15) is 34.1 Å². The lowest BCUT2D eigenvalue weighted by Crippen LogP contribution is -2.45. The average molecular weight is 531 g/mol. The van der Waals surface area contributed by atoms with E-state index in [1.54, 1.807) is 0 Å². The van der Waals surface area contributed by atoms with Gasteiger partial charge < -0.3 is 40.5 Å². The molecule has 0 amide bonds. The Labute approximate surface area is 195 Å². The molecule has 3 unspecified atom stereocenters. The number of anilines is 1. The number of hydrogen-bond acceptors (Lipinski definition) is 11. The smallest absolute Gasteiger partial charge is 0.388 e. The summed E-state index contributed by atoms with van der Waals surface area (Å²) in [5, 5.41) is 31.6. The summed E-state index contributed by atoms with van der Waals surface area (Å²) >= 11 is 0. The third-order valence-electron chi connectivity index (χ3n) is 5.19. The van der Waals surface area contributed by atoms with E-state index >= 15 is 0 Å². The number of nitrogen functional groups attached to an aromatic ring is 1. The Hall–Kier alpha value is -1.22. The molecule has 1 aromatic heterocycles. The van der Waals surface area contributed by atoms with Crippen LogP contribution < -0.4 is 11.4 Å². The van der Waals surface area contributed by atoms with E-state index in [2.05, 4.69) is 9.29 Å². The largest absolute Gasteiger partial charge is 0.481 e. The maximum absolute atomic E-state index is 12.1. The van der Waals surface area contributed by atoms with Crippen LogP contribution in [0.5, 0.6) is 0 Å². The number of hydrogen-bond donors (Lipinski definition) is 7. The molecule has 196 valence electrons. The standard InChI is InChI=1S/C17H31N3O12P2/c1-2-3-4-5-6-7-10(31-34(28,29)32-33(25,26)27)12(21)15-13(22)14(23)16(30-15)20-9-8-11(18)19-17(20)24/h8-10,12-16,21-23H,2-7H2,1H3,(H,28,29)(H2,18,19,24)(H2,25,26,27)/t10?,12?,13-,14+,15+,16+/m0/s1. The van der Waals surface area contributed by atoms with Crippen LogP contribution >= 0.6 is 15.6 Å². The van der Waals surface area contributed by atoms with E-state index in [0.717, 1.165) is 30.0 Å². The zero-order valence-electron chi connectivity index (χ0n) is 18.4. The van der Waals surface area contributed by atoms with Crippen LogP contribution in [0.15, 0.2) is 17.1 Å². The molecule has 0 bridgehead atoms. The maximum Gasteiger partial charge on any atom is 0.481 e. The molecule has 1 saturated heterocycles. The van der Waals surface area contributed by atoms with Crippen molar-refractivity contribution in [1.29, 1.82) is 0 Å². The highest BCUT2D eigenvalue weighted by molar-refractivity contribution is 7.60. The number of rotatable bonds is 13. The molecule has 0 aromatic carbocycles. The lowest BCUT2D eigenvalue weighted by molar-refractivity contribution is -0.120. The average Bonchev–Trinajstić information content (AvgIpc) is 2.99. The normalized spacial score (nSPS) is 26.8. The van der Waals surface area contributed by atoms with Gasteiger partial charge in [-0.3, -0.25) is 9.09 Å². The molecule has 1 aliphatic rings. The number of ether oxygens (including phenoxy) is 1. The molecule has 2 heterocycles. The van der Waals surface area contributed by atoms with Gasteiger partial charge in [-0.1, -0.05) is 39.0 Å². The van der Waals surface area contributed by atoms with Crippen LogP contribution in [-0.2, 0) is 22.7 Å². The summed E-state index contributed by atoms with van der Waals surface area (Å²) in [7, 11) is -10.8. The van der Waals surface area contributed by atoms with E-state index in [1.165, 1.54) is 6.07 Å². The first-order valence-electron chi connectivity index (χ1n) is 10.6. The van der Waals surface area contributed by atoms with Crippen molar-refractivity contribution in [3.63, 3.8) is 0 Å². The zero-order chi connectivity index (χ0) is 25.7. The maximum atomic E-state index is 12.1. The van der Waals surface area contributed by atoms with E-state index in [4.69, 9.17) is 24.8 Å². The van der Waals surface area contributed by atoms with Gasteiger partial charge in [-0.05, 0) is 12.5 Å². The first-order chi connectivity index (χ1) is 15.8. The van der Waals surface area contributed by atoms with Crippen LogP contribution in [0, 0.1) is 0 Å². The molecule has 1 fully saturated rings. The highest BCUT2D eigenvalue weighted by Gasteiger charge is 2.50. The van der Waals surface area contributed by atoms with Gasteiger partial charge >= 0.3 is 21.3 Å². The molecule has 0 aliphatic carbocycles. The predicted octanol–water partition coefficient (Wildman–Crippen LogP) is -0.239. The van der Waals surface area contributed by atoms with E-state index in [1.807, 2.05) is 6.92 Å². The van der Waals surface area contributed by atoms with Gasteiger partial charge in [0.1, 0.15) is 30.2 Å². The molecule has 1 aliphatic heterocycles. The van der Waals surface area contributed by atoms with Gasteiger partial charge in [-0.25, -0.2) is 13.9 Å². The molecule has 15 nitrogen and oxygen atoms in total. The summed E-state index contributed by atoms with van der Waals surface area (Å²) < 4.78 is 38.0. The second-order valence-corrected chi connectivity index (χ2v) is 10.7. The number of aliphatic hydroxyl groups excluding tert-OH is 3. The quantitative estimate of drug-likeness (QED) is 0.128. The van der Waals surface area contributed by atoms with Crippen LogP contribution in [0.3, 0.4) is 0 Å². The van der Waals surface area contributed by atoms with Crippen molar-refractivity contribution in [2.24, 2.45) is 0 Å². The third kappa shape index (κ3) is 8.18. The van der Waals surface area contributed by atoms with Crippen molar-refractivity contribution < 1.29 is 52.7 Å². The fourth-order valence-corrected chi connectivity index (χ4v) is 5.39. The van der Waals surface area contributed by atoms with Crippen molar-refractivity contribution >= 4 is 21.5 Å². The van der Waals surface area contributed by atoms with Crippen LogP contribution in [0.4, 0.5) is 5.82 Å². The molecule has 0 saturated carbocycles. The predicted molar refractivity (Wildman–Crippen MR) is 116 cm³/mol. The fourth-order valence-electron chi connectivity index (χ4n) is 3.59. The summed E-state index contributed by atoms with van der Waals surface area (Å²) in [6.45, 7) is 2.00. The van der Waals surface area contributed by atoms with Crippen molar-refractivity contribution in [2.45, 2.75) is 82.2 Å². The first kappa shape index (κ1) is 29.0. The van der Waals surface area contributed by atoms with Gasteiger partial charge in [0.05, 0.1) is 6.10 Å². The number of aliphatic hydroxyl groups is 3. The van der Waals surface area contributed by atoms with Gasteiger partial charge in [0, 0.05) is 6.20 Å². The SMILES string of the molecule is CCCCCCCC(OP(=O)(O)OP(=O)(O)O)C(O)[C@H]1O[C@@H](n2ccc(N)nc2=O)[C@H](O)[C@@H]1O. The van der Waals surface area contributed by atoms with Crippen LogP contribution in [0.2, 0.25) is 0 Å². The molecule has 0 spiro atoms. The Morgan fingerprint density at radius 1 is 1.18 bits per heavy atom. The Morgan fingerprint density at radius 3 is 2.41 bits per heavy atom. The van der Waals surface area contributed by atoms with E-state index in [0.29, 0.717) is 12.8 Å². The molecule has 17 heteroatoms. The summed E-state index contributed by atoms with van der Waals surface area (Å²) in [6.07, 6.45) is -5.18. The topological polar surface area (TPSA) is 244 Å². The zero-order valence-corrected chi connectivity index (χ0v) is 20.1. The number of nitrogens with zero attached hydrogens (tertiary/aromatic N) is 2. The number of phosphoric ester groups is 1. The van der Waals surface area contributed by atoms with Crippen LogP contribution in [0.25, 0.3) is 0 Å². The molecular weight excluding hydrogens is 500 g/mol. The molecule has 7 atom stereocenters. The van der Waals surface area contributed by atoms with Crippen molar-refractivity contribution in [3.05, 3.63) is 22.7 Å². The van der Waals surface area contributed by atoms with Crippen molar-refractivity contribution in [3.8, 4) is 0 Å². The molecule has 2 rings (SSSR count). The minimum Gasteiger partial charge on any atom is -0.388 e. The summed E-state index contributed by atoms with van der Waals surface area (Å²) in [5.41, 5.74) is 4.53. The summed E-state index contributed by atoms with van der Waals surface area (Å²) in [5.74, 6) is -0.0915. The number of nitrogens with two attached hydrogens (primary N) is 1. The highest BCUT2D eigenvalue weighted by Crippen LogP contribution is 2.58. The lowest BCUT2D eigenvalue weighted by Gasteiger charge is -2.29. The molecular formula is C17H31N3O12P2. The van der Waals surface area contributed by atoms with Crippen LogP contribution in [-0.4, -0.2) is 70.1 Å². The summed E-state index contributed by atoms with van der Waals surface area (Å²) in [4.78, 5) is 43.0. The van der Waals surface area contributed by atoms with Gasteiger partial charge in [-0.15, -0.1) is 0 Å². The Bertz CT molecular complexity index is 956. The van der Waals surface area contributed by atoms with E-state index in [-0.39, 0.29) is 12.2 Å². The second-order valence-electron chi connectivity index (χ2n) is 7.89. The fraction of sp³-hybridized carbons (Fsp3) is 0.765. The lowest BCUT2D eigenvalue weighted by atomic mass is 9.97. The van der Waals surface area contributed by atoms with Gasteiger partial charge in [0.2, 0.25) is 0 Å². The second kappa shape index (κ2) is 12.2. The van der Waals surface area contributed by atoms with Crippen molar-refractivity contribution in [1.82, 2.24) is 9.55 Å². The monoisotopic (exact) mass is 531 g/mol. The Morgan fingerprint density at radius 2 is 1.82 bits per heavy atom. The number of aromatic nitrogens is 2. The number of phosphoric acid groups is 2. The minimum absolute atomic E-state index is 0.0728. The third-order valence-corrected chi connectivity index (χ3v) is 7.40. The van der Waals surface area contributed by atoms with Gasteiger partial charge in [0.25, 0.3) is 0 Å². The Balaban J connectivity index is 2.22. The first-order valence-corrected chi connectivity index (χ1v) is 13.6. The highest BCUT2D eigenvalue weighted by atomic mass is 31.3. The van der Waals surface area contributed by atoms with E-state index < -0.39 is 58.1 Å². The molecule has 1 aromatic rings. The summed E-state index contributed by atoms with van der Waals surface area (Å²) in [6, 6.07) is 1.25. The molecule has 34 heavy (non-hydrogen) atoms. The number of unbranched alkanes of at least 4 members (excludes halogenated alkanes) is 4. The van der Waals surface area contributed by atoms with Gasteiger partial charge in [0.15, 0.2) is 6.23 Å².